The maximum absolute atomic E-state index is 13.2. The van der Waals surface area contributed by atoms with Crippen molar-refractivity contribution in [3.05, 3.63) is 43.4 Å². The van der Waals surface area contributed by atoms with Gasteiger partial charge >= 0.3 is 5.97 Å². The summed E-state index contributed by atoms with van der Waals surface area (Å²) in [6.45, 7) is 1.82. The van der Waals surface area contributed by atoms with Gasteiger partial charge < -0.3 is 9.30 Å². The van der Waals surface area contributed by atoms with Crippen LogP contribution in [0.5, 0.6) is 0 Å². The van der Waals surface area contributed by atoms with E-state index in [0.717, 1.165) is 27.0 Å². The van der Waals surface area contributed by atoms with Crippen molar-refractivity contribution in [2.24, 2.45) is 4.99 Å². The molecule has 1 aromatic carbocycles. The van der Waals surface area contributed by atoms with E-state index in [-0.39, 0.29) is 28.7 Å². The lowest BCUT2D eigenvalue weighted by atomic mass is 10.2. The van der Waals surface area contributed by atoms with E-state index in [4.69, 9.17) is 39.5 Å². The van der Waals surface area contributed by atoms with Crippen LogP contribution in [-0.4, -0.2) is 48.4 Å². The summed E-state index contributed by atoms with van der Waals surface area (Å²) in [4.78, 5) is 29.9. The Labute approximate surface area is 218 Å². The average Bonchev–Trinajstić information content (AvgIpc) is 3.51. The molecule has 8 nitrogen and oxygen atoms in total. The minimum absolute atomic E-state index is 0.0648. The molecule has 0 spiro atoms. The molecule has 3 heterocycles. The van der Waals surface area contributed by atoms with E-state index in [1.54, 1.807) is 19.1 Å². The number of sulfonamides is 1. The third-order valence-corrected chi connectivity index (χ3v) is 10.6. The Bertz CT molecular complexity index is 1440. The largest absolute Gasteiger partial charge is 0.465 e. The van der Waals surface area contributed by atoms with E-state index in [1.807, 2.05) is 0 Å². The van der Waals surface area contributed by atoms with Crippen LogP contribution in [0.25, 0.3) is 10.2 Å². The summed E-state index contributed by atoms with van der Waals surface area (Å²) in [6, 6.07) is 5.14. The molecular formula is C20H18Cl3N3O5S3. The number of carbonyl (C=O) groups is 2. The molecule has 34 heavy (non-hydrogen) atoms. The summed E-state index contributed by atoms with van der Waals surface area (Å²) in [6.07, 6.45) is 0.835. The lowest BCUT2D eigenvalue weighted by Crippen LogP contribution is -2.40. The van der Waals surface area contributed by atoms with Crippen molar-refractivity contribution in [2.75, 3.05) is 13.2 Å². The van der Waals surface area contributed by atoms with E-state index in [9.17, 15) is 18.0 Å². The minimum atomic E-state index is -3.91. The van der Waals surface area contributed by atoms with Crippen LogP contribution in [0.1, 0.15) is 19.8 Å². The molecule has 1 unspecified atom stereocenters. The predicted molar refractivity (Wildman–Crippen MR) is 133 cm³/mol. The Balaban J connectivity index is 1.77. The molecule has 1 saturated heterocycles. The molecule has 1 aliphatic rings. The number of ether oxygens (including phenoxy) is 1. The number of benzene rings is 1. The number of thiophene rings is 1. The Hall–Kier alpha value is -1.47. The average molecular weight is 583 g/mol. The van der Waals surface area contributed by atoms with Gasteiger partial charge in [-0.05, 0) is 44.0 Å². The van der Waals surface area contributed by atoms with Crippen molar-refractivity contribution in [3.8, 4) is 0 Å². The second kappa shape index (κ2) is 10.3. The minimum Gasteiger partial charge on any atom is -0.465 e. The molecule has 1 aliphatic heterocycles. The SMILES string of the molecule is CCOC(=O)Cn1c(=NC(=O)C2CCCN2S(=O)(=O)c2ccc(Cl)s2)sc2c(Cl)ccc(Cl)c21. The van der Waals surface area contributed by atoms with E-state index in [0.29, 0.717) is 37.4 Å². The van der Waals surface area contributed by atoms with Crippen LogP contribution in [0.2, 0.25) is 14.4 Å². The second-order valence-electron chi connectivity index (χ2n) is 7.27. The van der Waals surface area contributed by atoms with Crippen molar-refractivity contribution in [3.63, 3.8) is 0 Å². The normalized spacial score (nSPS) is 17.5. The number of hydrogen-bond donors (Lipinski definition) is 0. The zero-order chi connectivity index (χ0) is 24.6. The van der Waals surface area contributed by atoms with Gasteiger partial charge in [-0.3, -0.25) is 9.59 Å². The van der Waals surface area contributed by atoms with E-state index in [2.05, 4.69) is 4.99 Å². The van der Waals surface area contributed by atoms with Gasteiger partial charge in [0, 0.05) is 6.54 Å². The second-order valence-corrected chi connectivity index (χ2v) is 12.9. The molecule has 0 aliphatic carbocycles. The molecule has 0 radical (unpaired) electrons. The summed E-state index contributed by atoms with van der Waals surface area (Å²) < 4.78 is 34.9. The van der Waals surface area contributed by atoms with Gasteiger partial charge in [0.15, 0.2) is 4.80 Å². The van der Waals surface area contributed by atoms with Gasteiger partial charge in [-0.1, -0.05) is 46.1 Å². The Morgan fingerprint density at radius 2 is 1.88 bits per heavy atom. The number of thiazole rings is 1. The Morgan fingerprint density at radius 3 is 2.56 bits per heavy atom. The van der Waals surface area contributed by atoms with E-state index < -0.39 is 27.9 Å². The number of amides is 1. The van der Waals surface area contributed by atoms with Gasteiger partial charge in [-0.25, -0.2) is 8.42 Å². The fraction of sp³-hybridized carbons (Fsp3) is 0.350. The highest BCUT2D eigenvalue weighted by molar-refractivity contribution is 7.91. The fourth-order valence-electron chi connectivity index (χ4n) is 3.67. The zero-order valence-electron chi connectivity index (χ0n) is 17.7. The lowest BCUT2D eigenvalue weighted by molar-refractivity contribution is -0.143. The highest BCUT2D eigenvalue weighted by Gasteiger charge is 2.40. The molecule has 1 fully saturated rings. The van der Waals surface area contributed by atoms with Crippen LogP contribution in [0.3, 0.4) is 0 Å². The van der Waals surface area contributed by atoms with Gasteiger partial charge in [-0.2, -0.15) is 9.30 Å². The predicted octanol–water partition coefficient (Wildman–Crippen LogP) is 4.57. The molecular weight excluding hydrogens is 565 g/mol. The van der Waals surface area contributed by atoms with Crippen molar-refractivity contribution in [1.29, 1.82) is 0 Å². The number of carbonyl (C=O) groups excluding carboxylic acids is 2. The molecule has 3 aromatic rings. The van der Waals surface area contributed by atoms with E-state index in [1.165, 1.54) is 16.7 Å². The quantitative estimate of drug-likeness (QED) is 0.397. The van der Waals surface area contributed by atoms with Crippen LogP contribution in [-0.2, 0) is 30.9 Å². The first kappa shape index (κ1) is 25.6. The van der Waals surface area contributed by atoms with Gasteiger partial charge in [0.1, 0.15) is 16.8 Å². The molecule has 0 saturated carbocycles. The molecule has 0 N–H and O–H groups in total. The first-order valence-corrected chi connectivity index (χ1v) is 14.3. The topological polar surface area (TPSA) is 98.0 Å². The van der Waals surface area contributed by atoms with Crippen LogP contribution in [0, 0.1) is 0 Å². The standard InChI is InChI=1S/C20H18Cl3N3O5S3/c1-2-31-15(27)10-25-17-11(21)5-6-12(22)18(17)33-20(25)24-19(28)13-4-3-9-26(13)34(29,30)16-8-7-14(23)32-16/h5-8,13H,2-4,9-10H2,1H3. The summed E-state index contributed by atoms with van der Waals surface area (Å²) in [5, 5.41) is 0.712. The molecule has 1 amide bonds. The summed E-state index contributed by atoms with van der Waals surface area (Å²) in [5.74, 6) is -1.17. The maximum Gasteiger partial charge on any atom is 0.326 e. The third kappa shape index (κ3) is 4.92. The summed E-state index contributed by atoms with van der Waals surface area (Å²) >= 11 is 20.6. The van der Waals surface area contributed by atoms with Crippen molar-refractivity contribution in [1.82, 2.24) is 8.87 Å². The highest BCUT2D eigenvalue weighted by atomic mass is 35.5. The number of hydrogen-bond acceptors (Lipinski definition) is 7. The first-order valence-electron chi connectivity index (χ1n) is 10.1. The number of aromatic nitrogens is 1. The van der Waals surface area contributed by atoms with Crippen molar-refractivity contribution in [2.45, 2.75) is 36.6 Å². The molecule has 4 rings (SSSR count). The van der Waals surface area contributed by atoms with Crippen LogP contribution < -0.4 is 4.80 Å². The zero-order valence-corrected chi connectivity index (χ0v) is 22.4. The van der Waals surface area contributed by atoms with Gasteiger partial charge in [-0.15, -0.1) is 11.3 Å². The van der Waals surface area contributed by atoms with Crippen LogP contribution >= 0.6 is 57.5 Å². The van der Waals surface area contributed by atoms with Gasteiger partial charge in [0.2, 0.25) is 0 Å². The summed E-state index contributed by atoms with van der Waals surface area (Å²) in [7, 11) is -3.91. The number of halogens is 3. The maximum atomic E-state index is 13.2. The monoisotopic (exact) mass is 581 g/mol. The van der Waals surface area contributed by atoms with Crippen molar-refractivity contribution < 1.29 is 22.7 Å². The lowest BCUT2D eigenvalue weighted by Gasteiger charge is -2.20. The molecule has 14 heteroatoms. The number of esters is 1. The van der Waals surface area contributed by atoms with Gasteiger partial charge in [0.05, 0.1) is 31.2 Å². The smallest absolute Gasteiger partial charge is 0.326 e. The highest BCUT2D eigenvalue weighted by Crippen LogP contribution is 2.34. The summed E-state index contributed by atoms with van der Waals surface area (Å²) in [5.41, 5.74) is 0.447. The molecule has 2 aromatic heterocycles. The third-order valence-electron chi connectivity index (χ3n) is 5.13. The number of rotatable bonds is 6. The van der Waals surface area contributed by atoms with E-state index >= 15 is 0 Å². The molecule has 0 bridgehead atoms. The molecule has 1 atom stereocenters. The van der Waals surface area contributed by atoms with Crippen LogP contribution in [0.15, 0.2) is 33.5 Å². The first-order chi connectivity index (χ1) is 16.1. The van der Waals surface area contributed by atoms with Gasteiger partial charge in [0.25, 0.3) is 15.9 Å². The Morgan fingerprint density at radius 1 is 1.15 bits per heavy atom. The Kier molecular flexibility index (Phi) is 7.73. The van der Waals surface area contributed by atoms with Crippen molar-refractivity contribution >= 4 is 89.6 Å². The number of nitrogens with zero attached hydrogens (tertiary/aromatic N) is 3. The fourth-order valence-corrected chi connectivity index (χ4v) is 8.59. The molecule has 182 valence electrons. The van der Waals surface area contributed by atoms with Crippen LogP contribution in [0.4, 0.5) is 0 Å². The number of fused-ring (bicyclic) bond motifs is 1.